The minimum Gasteiger partial charge on any atom is -0.379 e. The van der Waals surface area contributed by atoms with Crippen molar-refractivity contribution in [1.29, 1.82) is 0 Å². The first-order chi connectivity index (χ1) is 9.65. The quantitative estimate of drug-likeness (QED) is 0.678. The van der Waals surface area contributed by atoms with E-state index in [-0.39, 0.29) is 5.91 Å². The minimum atomic E-state index is -0.0233. The van der Waals surface area contributed by atoms with Crippen molar-refractivity contribution >= 4 is 5.91 Å². The maximum absolute atomic E-state index is 12.1. The van der Waals surface area contributed by atoms with Gasteiger partial charge in [0.05, 0.1) is 6.61 Å². The van der Waals surface area contributed by atoms with Crippen LogP contribution in [0.1, 0.15) is 29.8 Å². The third-order valence-electron chi connectivity index (χ3n) is 2.89. The predicted octanol–water partition coefficient (Wildman–Crippen LogP) is 1.85. The number of nitrogens with one attached hydrogen (secondary N) is 2. The van der Waals surface area contributed by atoms with Gasteiger partial charge in [0.2, 0.25) is 0 Å². The lowest BCUT2D eigenvalue weighted by Crippen LogP contribution is -2.28. The highest BCUT2D eigenvalue weighted by atomic mass is 16.5. The number of ether oxygens (including phenoxy) is 1. The molecule has 1 amide bonds. The average molecular weight is 278 g/mol. The van der Waals surface area contributed by atoms with Crippen molar-refractivity contribution in [2.75, 3.05) is 33.4 Å². The molecule has 0 unspecified atom stereocenters. The first kappa shape index (κ1) is 16.7. The molecular formula is C16H26N2O2. The molecule has 0 fully saturated rings. The first-order valence-corrected chi connectivity index (χ1v) is 7.23. The minimum absolute atomic E-state index is 0.0233. The summed E-state index contributed by atoms with van der Waals surface area (Å²) in [5, 5.41) is 6.01. The molecule has 4 heteroatoms. The van der Waals surface area contributed by atoms with Gasteiger partial charge in [0.15, 0.2) is 0 Å². The molecule has 1 aromatic carbocycles. The molecule has 0 aromatic heterocycles. The largest absolute Gasteiger partial charge is 0.379 e. The van der Waals surface area contributed by atoms with Crippen LogP contribution in [-0.4, -0.2) is 39.3 Å². The molecule has 112 valence electrons. The van der Waals surface area contributed by atoms with E-state index < -0.39 is 0 Å². The molecule has 0 spiro atoms. The van der Waals surface area contributed by atoms with Crippen molar-refractivity contribution in [3.63, 3.8) is 0 Å². The fraction of sp³-hybridized carbons (Fsp3) is 0.562. The zero-order valence-electron chi connectivity index (χ0n) is 12.7. The average Bonchev–Trinajstić information content (AvgIpc) is 2.44. The molecule has 1 aromatic rings. The normalized spacial score (nSPS) is 10.8. The summed E-state index contributed by atoms with van der Waals surface area (Å²) < 4.78 is 5.45. The molecule has 4 nitrogen and oxygen atoms in total. The molecular weight excluding hydrogens is 252 g/mol. The van der Waals surface area contributed by atoms with Crippen LogP contribution in [0.15, 0.2) is 24.3 Å². The van der Waals surface area contributed by atoms with E-state index in [1.54, 1.807) is 0 Å². The fourth-order valence-corrected chi connectivity index (χ4v) is 1.87. The van der Waals surface area contributed by atoms with Gasteiger partial charge in [-0.05, 0) is 37.6 Å². The Morgan fingerprint density at radius 3 is 2.70 bits per heavy atom. The molecule has 0 saturated heterocycles. The van der Waals surface area contributed by atoms with Crippen LogP contribution in [0.5, 0.6) is 0 Å². The zero-order valence-corrected chi connectivity index (χ0v) is 12.7. The number of carbonyl (C=O) groups is 1. The van der Waals surface area contributed by atoms with Gasteiger partial charge in [-0.15, -0.1) is 0 Å². The summed E-state index contributed by atoms with van der Waals surface area (Å²) in [6.45, 7) is 6.91. The van der Waals surface area contributed by atoms with Crippen LogP contribution in [-0.2, 0) is 11.2 Å². The maximum atomic E-state index is 12.1. The zero-order chi connectivity index (χ0) is 14.8. The molecule has 20 heavy (non-hydrogen) atoms. The Balaban J connectivity index is 2.42. The first-order valence-electron chi connectivity index (χ1n) is 7.23. The molecule has 0 saturated carbocycles. The molecule has 1 rings (SSSR count). The van der Waals surface area contributed by atoms with Gasteiger partial charge in [0, 0.05) is 18.7 Å². The van der Waals surface area contributed by atoms with E-state index in [9.17, 15) is 4.79 Å². The Bertz CT molecular complexity index is 405. The van der Waals surface area contributed by atoms with E-state index in [2.05, 4.69) is 24.5 Å². The second-order valence-corrected chi connectivity index (χ2v) is 5.24. The summed E-state index contributed by atoms with van der Waals surface area (Å²) >= 11 is 0. The Hall–Kier alpha value is -1.39. The van der Waals surface area contributed by atoms with Crippen molar-refractivity contribution in [3.05, 3.63) is 35.4 Å². The molecule has 0 aliphatic heterocycles. The summed E-state index contributed by atoms with van der Waals surface area (Å²) in [5.74, 6) is 0.498. The smallest absolute Gasteiger partial charge is 0.251 e. The van der Waals surface area contributed by atoms with Crippen molar-refractivity contribution in [2.24, 2.45) is 5.92 Å². The number of amides is 1. The number of rotatable bonds is 9. The standard InChI is InChI=1S/C16H26N2O2/c1-13(2)12-20-11-10-18-16(19)15-7-5-4-6-14(15)8-9-17-3/h4-7,13,17H,8-12H2,1-3H3,(H,18,19). The second kappa shape index (κ2) is 9.50. The van der Waals surface area contributed by atoms with Gasteiger partial charge < -0.3 is 15.4 Å². The predicted molar refractivity (Wildman–Crippen MR) is 82.1 cm³/mol. The number of hydrogen-bond acceptors (Lipinski definition) is 3. The SMILES string of the molecule is CNCCc1ccccc1C(=O)NCCOCC(C)C. The van der Waals surface area contributed by atoms with Gasteiger partial charge in [-0.2, -0.15) is 0 Å². The van der Waals surface area contributed by atoms with E-state index in [4.69, 9.17) is 4.74 Å². The van der Waals surface area contributed by atoms with Crippen LogP contribution < -0.4 is 10.6 Å². The third kappa shape index (κ3) is 6.17. The molecule has 0 radical (unpaired) electrons. The Morgan fingerprint density at radius 2 is 2.00 bits per heavy atom. The van der Waals surface area contributed by atoms with Crippen LogP contribution in [0.4, 0.5) is 0 Å². The van der Waals surface area contributed by atoms with Gasteiger partial charge >= 0.3 is 0 Å². The van der Waals surface area contributed by atoms with Crippen molar-refractivity contribution in [1.82, 2.24) is 10.6 Å². The molecule has 0 aliphatic rings. The van der Waals surface area contributed by atoms with Crippen molar-refractivity contribution in [2.45, 2.75) is 20.3 Å². The van der Waals surface area contributed by atoms with Gasteiger partial charge in [0.25, 0.3) is 5.91 Å². The molecule has 0 aliphatic carbocycles. The fourth-order valence-electron chi connectivity index (χ4n) is 1.87. The van der Waals surface area contributed by atoms with E-state index in [0.29, 0.717) is 19.1 Å². The Morgan fingerprint density at radius 1 is 1.25 bits per heavy atom. The topological polar surface area (TPSA) is 50.4 Å². The van der Waals surface area contributed by atoms with E-state index in [0.717, 1.165) is 30.7 Å². The lowest BCUT2D eigenvalue weighted by Gasteiger charge is -2.11. The molecule has 2 N–H and O–H groups in total. The monoisotopic (exact) mass is 278 g/mol. The second-order valence-electron chi connectivity index (χ2n) is 5.24. The van der Waals surface area contributed by atoms with Gasteiger partial charge in [0.1, 0.15) is 0 Å². The van der Waals surface area contributed by atoms with Crippen molar-refractivity contribution < 1.29 is 9.53 Å². The van der Waals surface area contributed by atoms with E-state index in [1.165, 1.54) is 0 Å². The van der Waals surface area contributed by atoms with E-state index >= 15 is 0 Å². The lowest BCUT2D eigenvalue weighted by molar-refractivity contribution is 0.0885. The van der Waals surface area contributed by atoms with Gasteiger partial charge in [-0.1, -0.05) is 32.0 Å². The summed E-state index contributed by atoms with van der Waals surface area (Å²) in [7, 11) is 1.91. The number of hydrogen-bond donors (Lipinski definition) is 2. The van der Waals surface area contributed by atoms with Crippen LogP contribution >= 0.6 is 0 Å². The van der Waals surface area contributed by atoms with E-state index in [1.807, 2.05) is 31.3 Å². The maximum Gasteiger partial charge on any atom is 0.251 e. The summed E-state index contributed by atoms with van der Waals surface area (Å²) in [6.07, 6.45) is 0.851. The Labute approximate surface area is 121 Å². The molecule has 0 bridgehead atoms. The highest BCUT2D eigenvalue weighted by Gasteiger charge is 2.09. The highest BCUT2D eigenvalue weighted by molar-refractivity contribution is 5.95. The Kier molecular flexibility index (Phi) is 7.92. The number of likely N-dealkylation sites (N-methyl/N-ethyl adjacent to an activating group) is 1. The lowest BCUT2D eigenvalue weighted by atomic mass is 10.0. The van der Waals surface area contributed by atoms with Crippen LogP contribution in [0, 0.1) is 5.92 Å². The van der Waals surface area contributed by atoms with Crippen LogP contribution in [0.2, 0.25) is 0 Å². The number of carbonyl (C=O) groups excluding carboxylic acids is 1. The molecule has 0 atom stereocenters. The summed E-state index contributed by atoms with van der Waals surface area (Å²) in [6, 6.07) is 7.73. The van der Waals surface area contributed by atoms with Crippen LogP contribution in [0.25, 0.3) is 0 Å². The van der Waals surface area contributed by atoms with Gasteiger partial charge in [-0.25, -0.2) is 0 Å². The number of benzene rings is 1. The third-order valence-corrected chi connectivity index (χ3v) is 2.89. The molecule has 0 heterocycles. The van der Waals surface area contributed by atoms with Gasteiger partial charge in [-0.3, -0.25) is 4.79 Å². The van der Waals surface area contributed by atoms with Crippen molar-refractivity contribution in [3.8, 4) is 0 Å². The highest BCUT2D eigenvalue weighted by Crippen LogP contribution is 2.09. The summed E-state index contributed by atoms with van der Waals surface area (Å²) in [5.41, 5.74) is 1.83. The summed E-state index contributed by atoms with van der Waals surface area (Å²) in [4.78, 5) is 12.1. The van der Waals surface area contributed by atoms with Crippen LogP contribution in [0.3, 0.4) is 0 Å².